The molecule has 35 heavy (non-hydrogen) atoms. The third-order valence-electron chi connectivity index (χ3n) is 6.76. The Balaban J connectivity index is 1.23. The zero-order valence-electron chi connectivity index (χ0n) is 20.5. The number of hydrogen-bond donors (Lipinski definition) is 0. The van der Waals surface area contributed by atoms with E-state index in [9.17, 15) is 4.79 Å². The number of piperazine rings is 1. The highest BCUT2D eigenvalue weighted by atomic mass is 16.5. The molecule has 5 rings (SSSR count). The van der Waals surface area contributed by atoms with Gasteiger partial charge < -0.3 is 13.6 Å². The van der Waals surface area contributed by atoms with E-state index in [0.717, 1.165) is 79.4 Å². The number of hydrogen-bond acceptors (Lipinski definition) is 7. The van der Waals surface area contributed by atoms with Crippen LogP contribution in [0.15, 0.2) is 62.2 Å². The van der Waals surface area contributed by atoms with E-state index in [2.05, 4.69) is 22.8 Å². The Labute approximate surface area is 204 Å². The number of nitrogens with zero attached hydrogens (tertiary/aromatic N) is 3. The molecule has 0 N–H and O–H groups in total. The molecule has 0 spiro atoms. The number of rotatable bonds is 7. The molecule has 0 saturated carbocycles. The molecule has 182 valence electrons. The second kappa shape index (κ2) is 10.1. The number of aryl methyl sites for hydroxylation is 2. The van der Waals surface area contributed by atoms with E-state index in [4.69, 9.17) is 18.6 Å². The summed E-state index contributed by atoms with van der Waals surface area (Å²) < 4.78 is 16.6. The van der Waals surface area contributed by atoms with Crippen molar-refractivity contribution in [1.29, 1.82) is 0 Å². The molecule has 0 amide bonds. The molecule has 1 saturated heterocycles. The van der Waals surface area contributed by atoms with Gasteiger partial charge in [-0.05, 0) is 60.9 Å². The zero-order chi connectivity index (χ0) is 24.4. The summed E-state index contributed by atoms with van der Waals surface area (Å²) in [6.07, 6.45) is 0.953. The van der Waals surface area contributed by atoms with Crippen molar-refractivity contribution in [2.45, 2.75) is 33.4 Å². The predicted octanol–water partition coefficient (Wildman–Crippen LogP) is 4.65. The fourth-order valence-electron chi connectivity index (χ4n) is 4.62. The number of aromatic nitrogens is 1. The second-order valence-electron chi connectivity index (χ2n) is 9.08. The van der Waals surface area contributed by atoms with Gasteiger partial charge in [-0.15, -0.1) is 0 Å². The lowest BCUT2D eigenvalue weighted by Crippen LogP contribution is -2.45. The van der Waals surface area contributed by atoms with E-state index in [1.807, 2.05) is 43.3 Å². The minimum absolute atomic E-state index is 0.287. The van der Waals surface area contributed by atoms with Crippen LogP contribution in [0.5, 0.6) is 5.75 Å². The Morgan fingerprint density at radius 1 is 0.943 bits per heavy atom. The quantitative estimate of drug-likeness (QED) is 0.362. The number of benzene rings is 2. The van der Waals surface area contributed by atoms with Crippen LogP contribution >= 0.6 is 0 Å². The maximum absolute atomic E-state index is 12.1. The summed E-state index contributed by atoms with van der Waals surface area (Å²) in [6, 6.07) is 15.5. The van der Waals surface area contributed by atoms with Gasteiger partial charge in [0.15, 0.2) is 0 Å². The fraction of sp³-hybridized carbons (Fsp3) is 0.357. The third-order valence-corrected chi connectivity index (χ3v) is 6.76. The first-order chi connectivity index (χ1) is 17.0. The molecule has 2 aromatic carbocycles. The lowest BCUT2D eigenvalue weighted by atomic mass is 10.0. The predicted molar refractivity (Wildman–Crippen MR) is 136 cm³/mol. The van der Waals surface area contributed by atoms with Crippen molar-refractivity contribution in [3.8, 4) is 17.2 Å². The first-order valence-corrected chi connectivity index (χ1v) is 12.1. The topological polar surface area (TPSA) is 72.0 Å². The first kappa shape index (κ1) is 23.3. The maximum atomic E-state index is 12.1. The van der Waals surface area contributed by atoms with Crippen LogP contribution in [0.1, 0.15) is 29.5 Å². The van der Waals surface area contributed by atoms with Crippen LogP contribution in [0.2, 0.25) is 0 Å². The summed E-state index contributed by atoms with van der Waals surface area (Å²) in [5.74, 6) is 2.30. The molecular weight excluding hydrogens is 442 g/mol. The average Bonchev–Trinajstić information content (AvgIpc) is 3.24. The van der Waals surface area contributed by atoms with E-state index >= 15 is 0 Å². The van der Waals surface area contributed by atoms with Crippen LogP contribution in [0.3, 0.4) is 0 Å². The molecule has 3 heterocycles. The van der Waals surface area contributed by atoms with Crippen molar-refractivity contribution in [2.24, 2.45) is 0 Å². The van der Waals surface area contributed by atoms with Crippen molar-refractivity contribution >= 4 is 11.0 Å². The molecule has 4 aromatic rings. The van der Waals surface area contributed by atoms with Crippen molar-refractivity contribution in [3.63, 3.8) is 0 Å². The van der Waals surface area contributed by atoms with Gasteiger partial charge in [-0.2, -0.15) is 0 Å². The zero-order valence-corrected chi connectivity index (χ0v) is 20.5. The lowest BCUT2D eigenvalue weighted by molar-refractivity contribution is 0.121. The Morgan fingerprint density at radius 2 is 1.66 bits per heavy atom. The summed E-state index contributed by atoms with van der Waals surface area (Å²) in [7, 11) is 1.66. The van der Waals surface area contributed by atoms with Crippen LogP contribution in [-0.2, 0) is 19.5 Å². The van der Waals surface area contributed by atoms with Crippen molar-refractivity contribution < 1.29 is 13.6 Å². The highest BCUT2D eigenvalue weighted by Gasteiger charge is 2.21. The van der Waals surface area contributed by atoms with Crippen LogP contribution in [0.25, 0.3) is 22.4 Å². The van der Waals surface area contributed by atoms with E-state index in [1.54, 1.807) is 13.2 Å². The van der Waals surface area contributed by atoms with Crippen LogP contribution in [0, 0.1) is 6.92 Å². The Hall–Kier alpha value is -3.42. The van der Waals surface area contributed by atoms with Crippen LogP contribution in [-0.4, -0.2) is 48.1 Å². The average molecular weight is 474 g/mol. The Kier molecular flexibility index (Phi) is 6.70. The standard InChI is InChI=1S/C28H31N3O4/c1-4-20-5-10-26-24(15-20)22(16-27(32)35-26)17-30-11-13-31(14-12-30)18-25-19(2)34-28(29-25)21-6-8-23(33-3)9-7-21/h5-10,15-16H,4,11-14,17-18H2,1-3H3. The SMILES string of the molecule is CCc1ccc2oc(=O)cc(CN3CCN(Cc4nc(-c5ccc(OC)cc5)oc4C)CC3)c2c1. The molecule has 0 atom stereocenters. The third kappa shape index (κ3) is 5.16. The van der Waals surface area contributed by atoms with E-state index in [1.165, 1.54) is 5.56 Å². The highest BCUT2D eigenvalue weighted by molar-refractivity contribution is 5.81. The van der Waals surface area contributed by atoms with E-state index < -0.39 is 0 Å². The molecule has 1 aliphatic heterocycles. The van der Waals surface area contributed by atoms with Gasteiger partial charge >= 0.3 is 5.63 Å². The molecule has 7 nitrogen and oxygen atoms in total. The van der Waals surface area contributed by atoms with Crippen molar-refractivity contribution in [1.82, 2.24) is 14.8 Å². The minimum Gasteiger partial charge on any atom is -0.497 e. The van der Waals surface area contributed by atoms with Gasteiger partial charge in [0.2, 0.25) is 5.89 Å². The number of fused-ring (bicyclic) bond motifs is 1. The molecule has 0 bridgehead atoms. The monoisotopic (exact) mass is 473 g/mol. The summed E-state index contributed by atoms with van der Waals surface area (Å²) >= 11 is 0. The molecule has 1 aliphatic rings. The smallest absolute Gasteiger partial charge is 0.336 e. The van der Waals surface area contributed by atoms with Gasteiger partial charge in [-0.25, -0.2) is 9.78 Å². The number of methoxy groups -OCH3 is 1. The van der Waals surface area contributed by atoms with Gasteiger partial charge in [-0.1, -0.05) is 13.0 Å². The van der Waals surface area contributed by atoms with Crippen molar-refractivity contribution in [3.05, 3.63) is 81.5 Å². The molecule has 0 aliphatic carbocycles. The minimum atomic E-state index is -0.287. The molecular formula is C28H31N3O4. The van der Waals surface area contributed by atoms with Gasteiger partial charge in [0.25, 0.3) is 0 Å². The van der Waals surface area contributed by atoms with Crippen LogP contribution in [0.4, 0.5) is 0 Å². The summed E-state index contributed by atoms with van der Waals surface area (Å²) in [5, 5.41) is 1.04. The van der Waals surface area contributed by atoms with Gasteiger partial charge in [0, 0.05) is 56.3 Å². The second-order valence-corrected chi connectivity index (χ2v) is 9.08. The fourth-order valence-corrected chi connectivity index (χ4v) is 4.62. The Morgan fingerprint density at radius 3 is 2.34 bits per heavy atom. The lowest BCUT2D eigenvalue weighted by Gasteiger charge is -2.34. The van der Waals surface area contributed by atoms with E-state index in [0.29, 0.717) is 11.5 Å². The largest absolute Gasteiger partial charge is 0.497 e. The van der Waals surface area contributed by atoms with Gasteiger partial charge in [0.1, 0.15) is 17.1 Å². The molecule has 2 aromatic heterocycles. The van der Waals surface area contributed by atoms with Gasteiger partial charge in [0.05, 0.1) is 12.8 Å². The van der Waals surface area contributed by atoms with Crippen LogP contribution < -0.4 is 10.4 Å². The summed E-state index contributed by atoms with van der Waals surface area (Å²) in [5.41, 5.74) is 4.58. The number of ether oxygens (including phenoxy) is 1. The normalized spacial score (nSPS) is 15.1. The molecule has 0 radical (unpaired) electrons. The number of oxazole rings is 1. The molecule has 1 fully saturated rings. The van der Waals surface area contributed by atoms with E-state index in [-0.39, 0.29) is 5.63 Å². The molecule has 0 unspecified atom stereocenters. The summed E-state index contributed by atoms with van der Waals surface area (Å²) in [6.45, 7) is 9.34. The first-order valence-electron chi connectivity index (χ1n) is 12.1. The maximum Gasteiger partial charge on any atom is 0.336 e. The Bertz CT molecular complexity index is 1370. The molecule has 7 heteroatoms. The van der Waals surface area contributed by atoms with Gasteiger partial charge in [-0.3, -0.25) is 9.80 Å². The van der Waals surface area contributed by atoms with Crippen molar-refractivity contribution in [2.75, 3.05) is 33.3 Å². The highest BCUT2D eigenvalue weighted by Crippen LogP contribution is 2.25. The summed E-state index contributed by atoms with van der Waals surface area (Å²) in [4.78, 5) is 21.7.